The van der Waals surface area contributed by atoms with Crippen molar-refractivity contribution in [1.29, 1.82) is 0 Å². The number of carbonyl (C=O) groups excluding carboxylic acids is 1. The van der Waals surface area contributed by atoms with Crippen molar-refractivity contribution in [2.24, 2.45) is 4.99 Å². The summed E-state index contributed by atoms with van der Waals surface area (Å²) in [6.45, 7) is 1.38. The van der Waals surface area contributed by atoms with Crippen LogP contribution in [0.1, 0.15) is 6.92 Å². The van der Waals surface area contributed by atoms with Crippen molar-refractivity contribution in [2.75, 3.05) is 0 Å². The predicted octanol–water partition coefficient (Wildman–Crippen LogP) is 1.43. The normalized spacial score (nSPS) is 19.5. The van der Waals surface area contributed by atoms with Crippen LogP contribution in [0.25, 0.3) is 0 Å². The smallest absolute Gasteiger partial charge is 0.187 e. The van der Waals surface area contributed by atoms with Crippen LogP contribution in [-0.4, -0.2) is 15.0 Å². The van der Waals surface area contributed by atoms with Gasteiger partial charge in [0, 0.05) is 6.92 Å². The van der Waals surface area contributed by atoms with E-state index in [2.05, 4.69) is 4.99 Å². The molecule has 3 nitrogen and oxygen atoms in total. The number of rotatable bonds is 1. The summed E-state index contributed by atoms with van der Waals surface area (Å²) in [5, 5.41) is 0.154. The molecule has 4 heteroatoms. The van der Waals surface area contributed by atoms with E-state index in [9.17, 15) is 9.00 Å². The van der Waals surface area contributed by atoms with E-state index in [0.717, 1.165) is 0 Å². The van der Waals surface area contributed by atoms with Gasteiger partial charge in [0.2, 0.25) is 0 Å². The molecule has 66 valence electrons. The summed E-state index contributed by atoms with van der Waals surface area (Å²) in [7, 11) is -1.37. The molecule has 0 saturated carbocycles. The minimum absolute atomic E-state index is 0.154. The predicted molar refractivity (Wildman–Crippen MR) is 50.6 cm³/mol. The molecule has 0 spiro atoms. The number of para-hydroxylation sites is 1. The Labute approximate surface area is 78.0 Å². The van der Waals surface area contributed by atoms with Gasteiger partial charge in [0.15, 0.2) is 10.8 Å². The number of Topliss-reactive ketones (excluding diaryl/α,β-unsaturated/α-hetero) is 1. The summed E-state index contributed by atoms with van der Waals surface area (Å²) in [6.07, 6.45) is 0. The van der Waals surface area contributed by atoms with Gasteiger partial charge in [0.1, 0.15) is 10.8 Å². The third-order valence-corrected chi connectivity index (χ3v) is 3.24. The maximum absolute atomic E-state index is 11.6. The first-order valence-corrected chi connectivity index (χ1v) is 4.95. The minimum Gasteiger partial charge on any atom is -0.292 e. The Balaban J connectivity index is 2.57. The highest BCUT2D eigenvalue weighted by Gasteiger charge is 2.25. The highest BCUT2D eigenvalue weighted by molar-refractivity contribution is 8.03. The van der Waals surface area contributed by atoms with Crippen LogP contribution < -0.4 is 0 Å². The third kappa shape index (κ3) is 1.23. The second kappa shape index (κ2) is 2.88. The summed E-state index contributed by atoms with van der Waals surface area (Å²) in [4.78, 5) is 15.6. The Morgan fingerprint density at radius 1 is 1.38 bits per heavy atom. The lowest BCUT2D eigenvalue weighted by Gasteiger charge is -1.92. The lowest BCUT2D eigenvalue weighted by molar-refractivity contribution is -0.110. The lowest BCUT2D eigenvalue weighted by Crippen LogP contribution is -2.12. The fraction of sp³-hybridized carbons (Fsp3) is 0.111. The molecule has 0 aromatic heterocycles. The summed E-state index contributed by atoms with van der Waals surface area (Å²) in [5.41, 5.74) is 0.644. The molecule has 1 heterocycles. The summed E-state index contributed by atoms with van der Waals surface area (Å²) >= 11 is 0. The second-order valence-electron chi connectivity index (χ2n) is 2.71. The van der Waals surface area contributed by atoms with Crippen LogP contribution >= 0.6 is 0 Å². The molecule has 0 bridgehead atoms. The van der Waals surface area contributed by atoms with Gasteiger partial charge >= 0.3 is 0 Å². The fourth-order valence-corrected chi connectivity index (χ4v) is 2.33. The number of carbonyl (C=O) groups is 1. The Hall–Kier alpha value is -1.29. The molecule has 0 amide bonds. The van der Waals surface area contributed by atoms with Crippen molar-refractivity contribution in [3.05, 3.63) is 24.3 Å². The molecule has 0 fully saturated rings. The Bertz CT molecular complexity index is 437. The number of hydrogen-bond donors (Lipinski definition) is 0. The molecule has 0 aliphatic carbocycles. The number of ketones is 1. The molecular weight excluding hydrogens is 186 g/mol. The number of fused-ring (bicyclic) bond motifs is 1. The maximum Gasteiger partial charge on any atom is 0.187 e. The standard InChI is InChI=1S/C9H7NO2S/c1-6(11)9-10-7-4-2-3-5-8(7)13(9)12/h2-5H,1H3. The quantitative estimate of drug-likeness (QED) is 0.677. The molecule has 1 aromatic carbocycles. The van der Waals surface area contributed by atoms with Gasteiger partial charge in [-0.2, -0.15) is 0 Å². The molecular formula is C9H7NO2S. The highest BCUT2D eigenvalue weighted by Crippen LogP contribution is 2.29. The van der Waals surface area contributed by atoms with Crippen LogP contribution in [0.5, 0.6) is 0 Å². The minimum atomic E-state index is -1.37. The first-order chi connectivity index (χ1) is 6.20. The Morgan fingerprint density at radius 3 is 2.69 bits per heavy atom. The van der Waals surface area contributed by atoms with Gasteiger partial charge in [0.05, 0.1) is 10.6 Å². The van der Waals surface area contributed by atoms with E-state index in [-0.39, 0.29) is 10.8 Å². The van der Waals surface area contributed by atoms with Gasteiger partial charge in [-0.15, -0.1) is 0 Å². The van der Waals surface area contributed by atoms with Crippen LogP contribution in [0.15, 0.2) is 34.2 Å². The van der Waals surface area contributed by atoms with Crippen LogP contribution in [0.3, 0.4) is 0 Å². The SMILES string of the molecule is CC(=O)C1=Nc2ccccc2S1=O. The first kappa shape index (κ1) is 8.31. The summed E-state index contributed by atoms with van der Waals surface area (Å²) in [6, 6.07) is 7.08. The Morgan fingerprint density at radius 2 is 2.08 bits per heavy atom. The molecule has 1 atom stereocenters. The molecule has 1 aromatic rings. The number of aliphatic imine (C=N–C) groups is 1. The van der Waals surface area contributed by atoms with Crippen LogP contribution in [-0.2, 0) is 15.6 Å². The molecule has 0 radical (unpaired) electrons. The van der Waals surface area contributed by atoms with Crippen molar-refractivity contribution in [1.82, 2.24) is 0 Å². The van der Waals surface area contributed by atoms with Gasteiger partial charge < -0.3 is 0 Å². The van der Waals surface area contributed by atoms with E-state index in [0.29, 0.717) is 10.6 Å². The monoisotopic (exact) mass is 193 g/mol. The topological polar surface area (TPSA) is 46.5 Å². The van der Waals surface area contributed by atoms with E-state index in [1.165, 1.54) is 6.92 Å². The molecule has 0 N–H and O–H groups in total. The van der Waals surface area contributed by atoms with Crippen molar-refractivity contribution in [2.45, 2.75) is 11.8 Å². The average Bonchev–Trinajstić information content (AvgIpc) is 2.45. The van der Waals surface area contributed by atoms with E-state index in [1.807, 2.05) is 6.07 Å². The summed E-state index contributed by atoms with van der Waals surface area (Å²) < 4.78 is 11.6. The molecule has 1 aliphatic rings. The molecule has 13 heavy (non-hydrogen) atoms. The van der Waals surface area contributed by atoms with E-state index >= 15 is 0 Å². The van der Waals surface area contributed by atoms with Gasteiger partial charge in [-0.1, -0.05) is 12.1 Å². The fourth-order valence-electron chi connectivity index (χ4n) is 1.17. The third-order valence-electron chi connectivity index (χ3n) is 1.76. The zero-order valence-electron chi connectivity index (χ0n) is 6.98. The average molecular weight is 193 g/mol. The zero-order chi connectivity index (χ0) is 9.42. The first-order valence-electron chi connectivity index (χ1n) is 3.80. The second-order valence-corrected chi connectivity index (χ2v) is 4.07. The number of hydrogen-bond acceptors (Lipinski definition) is 3. The molecule has 1 unspecified atom stereocenters. The number of nitrogens with zero attached hydrogens (tertiary/aromatic N) is 1. The van der Waals surface area contributed by atoms with Crippen molar-refractivity contribution < 1.29 is 9.00 Å². The largest absolute Gasteiger partial charge is 0.292 e. The maximum atomic E-state index is 11.6. The van der Waals surface area contributed by atoms with Crippen LogP contribution in [0, 0.1) is 0 Å². The van der Waals surface area contributed by atoms with Gasteiger partial charge in [0.25, 0.3) is 0 Å². The highest BCUT2D eigenvalue weighted by atomic mass is 32.2. The molecule has 1 aliphatic heterocycles. The van der Waals surface area contributed by atoms with Crippen LogP contribution in [0.2, 0.25) is 0 Å². The van der Waals surface area contributed by atoms with Gasteiger partial charge in [-0.3, -0.25) is 4.79 Å². The summed E-state index contributed by atoms with van der Waals surface area (Å²) in [5.74, 6) is -0.227. The van der Waals surface area contributed by atoms with Crippen LogP contribution in [0.4, 0.5) is 5.69 Å². The Kier molecular flexibility index (Phi) is 1.84. The van der Waals surface area contributed by atoms with Gasteiger partial charge in [-0.05, 0) is 12.1 Å². The molecule has 2 rings (SSSR count). The van der Waals surface area contributed by atoms with E-state index < -0.39 is 10.8 Å². The zero-order valence-corrected chi connectivity index (χ0v) is 7.80. The lowest BCUT2D eigenvalue weighted by atomic mass is 10.3. The van der Waals surface area contributed by atoms with E-state index in [4.69, 9.17) is 0 Å². The van der Waals surface area contributed by atoms with Crippen molar-refractivity contribution >= 4 is 27.3 Å². The van der Waals surface area contributed by atoms with Gasteiger partial charge in [-0.25, -0.2) is 9.20 Å². The van der Waals surface area contributed by atoms with Crippen molar-refractivity contribution in [3.8, 4) is 0 Å². The van der Waals surface area contributed by atoms with E-state index in [1.54, 1.807) is 18.2 Å². The molecule has 0 saturated heterocycles. The van der Waals surface area contributed by atoms with Crippen molar-refractivity contribution in [3.63, 3.8) is 0 Å². The number of benzene rings is 1.